The first-order valence-electron chi connectivity index (χ1n) is 11.4. The van der Waals surface area contributed by atoms with E-state index in [9.17, 15) is 19.8 Å². The molecular weight excluding hydrogens is 398 g/mol. The number of rotatable bonds is 13. The van der Waals surface area contributed by atoms with Crippen molar-refractivity contribution in [2.75, 3.05) is 20.1 Å². The lowest BCUT2D eigenvalue weighted by Crippen LogP contribution is -2.40. The standard InChI is InChI=1S/C22H39N5O4/c1-6-12-24(4)14-17(28)15-26-16-23-19-18(26)20(29)27(21(30)25(19)5)13-10-9-11-22(31,7-2)8-3/h16-17,28,31H,6-15H2,1-5H3. The van der Waals surface area contributed by atoms with Crippen LogP contribution in [0.25, 0.3) is 11.2 Å². The SMILES string of the molecule is CCCN(C)CC(O)Cn1cnc2c1c(=O)n(CCCCC(O)(CC)CC)c(=O)n2C. The van der Waals surface area contributed by atoms with Gasteiger partial charge in [0.05, 0.1) is 24.6 Å². The van der Waals surface area contributed by atoms with E-state index in [0.29, 0.717) is 43.4 Å². The number of aliphatic hydroxyl groups excluding tert-OH is 1. The van der Waals surface area contributed by atoms with Crippen molar-refractivity contribution < 1.29 is 10.2 Å². The Balaban J connectivity index is 2.22. The summed E-state index contributed by atoms with van der Waals surface area (Å²) in [6.45, 7) is 7.91. The van der Waals surface area contributed by atoms with E-state index in [2.05, 4.69) is 11.9 Å². The minimum absolute atomic E-state index is 0.234. The first kappa shape index (κ1) is 25.3. The van der Waals surface area contributed by atoms with Crippen LogP contribution >= 0.6 is 0 Å². The van der Waals surface area contributed by atoms with E-state index in [4.69, 9.17) is 0 Å². The zero-order valence-corrected chi connectivity index (χ0v) is 19.7. The van der Waals surface area contributed by atoms with Crippen molar-refractivity contribution in [1.82, 2.24) is 23.6 Å². The Bertz CT molecular complexity index is 957. The van der Waals surface area contributed by atoms with Crippen molar-refractivity contribution in [3.8, 4) is 0 Å². The van der Waals surface area contributed by atoms with E-state index in [-0.39, 0.29) is 18.6 Å². The molecule has 176 valence electrons. The average molecular weight is 438 g/mol. The summed E-state index contributed by atoms with van der Waals surface area (Å²) in [5.74, 6) is 0. The van der Waals surface area contributed by atoms with Gasteiger partial charge in [-0.1, -0.05) is 20.8 Å². The molecule has 0 bridgehead atoms. The molecule has 2 rings (SSSR count). The number of likely N-dealkylation sites (N-methyl/N-ethyl adjacent to an activating group) is 1. The smallest absolute Gasteiger partial charge is 0.332 e. The lowest BCUT2D eigenvalue weighted by atomic mass is 9.91. The lowest BCUT2D eigenvalue weighted by molar-refractivity contribution is 0.0210. The molecule has 2 aromatic heterocycles. The van der Waals surface area contributed by atoms with E-state index >= 15 is 0 Å². The van der Waals surface area contributed by atoms with Gasteiger partial charge >= 0.3 is 5.69 Å². The fourth-order valence-electron chi connectivity index (χ4n) is 4.10. The van der Waals surface area contributed by atoms with Crippen LogP contribution in [0, 0.1) is 0 Å². The molecule has 2 aromatic rings. The van der Waals surface area contributed by atoms with E-state index < -0.39 is 17.4 Å². The minimum atomic E-state index is -0.681. The highest BCUT2D eigenvalue weighted by molar-refractivity contribution is 5.69. The van der Waals surface area contributed by atoms with Gasteiger partial charge in [0, 0.05) is 20.1 Å². The van der Waals surface area contributed by atoms with Crippen LogP contribution in [-0.2, 0) is 20.1 Å². The normalized spacial score (nSPS) is 13.4. The summed E-state index contributed by atoms with van der Waals surface area (Å²) in [5, 5.41) is 20.9. The number of imidazole rings is 1. The van der Waals surface area contributed by atoms with E-state index in [0.717, 1.165) is 19.4 Å². The number of fused-ring (bicyclic) bond motifs is 1. The van der Waals surface area contributed by atoms with Crippen LogP contribution in [0.1, 0.15) is 59.3 Å². The highest BCUT2D eigenvalue weighted by atomic mass is 16.3. The van der Waals surface area contributed by atoms with Crippen molar-refractivity contribution in [3.63, 3.8) is 0 Å². The molecule has 0 saturated heterocycles. The Hall–Kier alpha value is -1.97. The zero-order chi connectivity index (χ0) is 23.2. The van der Waals surface area contributed by atoms with Gasteiger partial charge in [-0.3, -0.25) is 13.9 Å². The van der Waals surface area contributed by atoms with Gasteiger partial charge in [-0.25, -0.2) is 9.78 Å². The molecule has 0 radical (unpaired) electrons. The molecule has 0 saturated carbocycles. The molecule has 0 amide bonds. The number of aliphatic hydroxyl groups is 2. The molecule has 2 N–H and O–H groups in total. The second kappa shape index (κ2) is 11.1. The van der Waals surface area contributed by atoms with Crippen molar-refractivity contribution >= 4 is 11.2 Å². The Morgan fingerprint density at radius 2 is 1.87 bits per heavy atom. The molecule has 0 fully saturated rings. The van der Waals surface area contributed by atoms with Gasteiger partial charge in [0.1, 0.15) is 0 Å². The van der Waals surface area contributed by atoms with E-state index in [1.807, 2.05) is 25.8 Å². The van der Waals surface area contributed by atoms with Crippen LogP contribution in [0.3, 0.4) is 0 Å². The average Bonchev–Trinajstić information content (AvgIpc) is 3.15. The van der Waals surface area contributed by atoms with E-state index in [1.165, 1.54) is 15.5 Å². The number of nitrogens with zero attached hydrogens (tertiary/aromatic N) is 5. The lowest BCUT2D eigenvalue weighted by Gasteiger charge is -2.25. The third-order valence-electron chi connectivity index (χ3n) is 6.23. The summed E-state index contributed by atoms with van der Waals surface area (Å²) in [6, 6.07) is 0. The Morgan fingerprint density at radius 3 is 2.48 bits per heavy atom. The first-order valence-corrected chi connectivity index (χ1v) is 11.4. The summed E-state index contributed by atoms with van der Waals surface area (Å²) in [6.07, 6.45) is 5.24. The largest absolute Gasteiger partial charge is 0.390 e. The molecule has 2 heterocycles. The highest BCUT2D eigenvalue weighted by Crippen LogP contribution is 2.22. The molecule has 9 nitrogen and oxygen atoms in total. The molecule has 0 aromatic carbocycles. The predicted octanol–water partition coefficient (Wildman–Crippen LogP) is 1.32. The van der Waals surface area contributed by atoms with Crippen LogP contribution < -0.4 is 11.2 Å². The number of unbranched alkanes of at least 4 members (excludes halogenated alkanes) is 1. The van der Waals surface area contributed by atoms with Crippen LogP contribution in [0.15, 0.2) is 15.9 Å². The Kier molecular flexibility index (Phi) is 9.02. The fourth-order valence-corrected chi connectivity index (χ4v) is 4.10. The van der Waals surface area contributed by atoms with Crippen molar-refractivity contribution in [3.05, 3.63) is 27.2 Å². The topological polar surface area (TPSA) is 106 Å². The van der Waals surface area contributed by atoms with Crippen LogP contribution in [0.5, 0.6) is 0 Å². The third-order valence-corrected chi connectivity index (χ3v) is 6.23. The Morgan fingerprint density at radius 1 is 1.19 bits per heavy atom. The maximum atomic E-state index is 13.1. The number of aromatic nitrogens is 4. The summed E-state index contributed by atoms with van der Waals surface area (Å²) in [4.78, 5) is 32.2. The predicted molar refractivity (Wildman–Crippen MR) is 122 cm³/mol. The summed E-state index contributed by atoms with van der Waals surface area (Å²) in [5.41, 5.74) is -0.803. The molecule has 9 heteroatoms. The third kappa shape index (κ3) is 6.05. The van der Waals surface area contributed by atoms with Crippen molar-refractivity contribution in [1.29, 1.82) is 0 Å². The minimum Gasteiger partial charge on any atom is -0.390 e. The van der Waals surface area contributed by atoms with E-state index in [1.54, 1.807) is 11.6 Å². The number of hydrogen-bond acceptors (Lipinski definition) is 6. The summed E-state index contributed by atoms with van der Waals surface area (Å²) in [7, 11) is 3.56. The van der Waals surface area contributed by atoms with Crippen molar-refractivity contribution in [2.45, 2.75) is 84.1 Å². The van der Waals surface area contributed by atoms with Gasteiger partial charge in [-0.2, -0.15) is 0 Å². The maximum Gasteiger partial charge on any atom is 0.332 e. The van der Waals surface area contributed by atoms with Gasteiger partial charge in [0.2, 0.25) is 0 Å². The zero-order valence-electron chi connectivity index (χ0n) is 19.7. The van der Waals surface area contributed by atoms with Gasteiger partial charge < -0.3 is 19.7 Å². The quantitative estimate of drug-likeness (QED) is 0.458. The fraction of sp³-hybridized carbons (Fsp3) is 0.773. The van der Waals surface area contributed by atoms with Gasteiger partial charge in [0.15, 0.2) is 11.2 Å². The van der Waals surface area contributed by atoms with Crippen LogP contribution in [0.4, 0.5) is 0 Å². The van der Waals surface area contributed by atoms with Gasteiger partial charge in [0.25, 0.3) is 5.56 Å². The second-order valence-electron chi connectivity index (χ2n) is 8.67. The maximum absolute atomic E-state index is 13.1. The van der Waals surface area contributed by atoms with Gasteiger partial charge in [-0.15, -0.1) is 0 Å². The van der Waals surface area contributed by atoms with Crippen LogP contribution in [-0.4, -0.2) is 65.6 Å². The Labute approximate surface area is 183 Å². The highest BCUT2D eigenvalue weighted by Gasteiger charge is 2.22. The molecule has 1 atom stereocenters. The molecule has 0 aliphatic carbocycles. The number of aryl methyl sites for hydroxylation is 1. The molecule has 0 aliphatic heterocycles. The molecule has 31 heavy (non-hydrogen) atoms. The van der Waals surface area contributed by atoms with Crippen molar-refractivity contribution in [2.24, 2.45) is 7.05 Å². The number of hydrogen-bond donors (Lipinski definition) is 2. The summed E-state index contributed by atoms with van der Waals surface area (Å²) < 4.78 is 4.27. The molecule has 1 unspecified atom stereocenters. The monoisotopic (exact) mass is 437 g/mol. The summed E-state index contributed by atoms with van der Waals surface area (Å²) >= 11 is 0. The first-order chi connectivity index (χ1) is 14.7. The van der Waals surface area contributed by atoms with Gasteiger partial charge in [-0.05, 0) is 52.1 Å². The van der Waals surface area contributed by atoms with Crippen LogP contribution in [0.2, 0.25) is 0 Å². The molecular formula is C22H39N5O4. The molecule has 0 aliphatic rings. The molecule has 0 spiro atoms. The second-order valence-corrected chi connectivity index (χ2v) is 8.67.